The molecule has 1 atom stereocenters. The van der Waals surface area contributed by atoms with Crippen LogP contribution in [0.25, 0.3) is 5.69 Å². The fraction of sp³-hybridized carbons (Fsp3) is 0.185. The van der Waals surface area contributed by atoms with Crippen molar-refractivity contribution in [3.8, 4) is 17.2 Å². The molecule has 4 aromatic rings. The minimum atomic E-state index is -0.283. The summed E-state index contributed by atoms with van der Waals surface area (Å²) in [6, 6.07) is 21.5. The molecule has 0 saturated carbocycles. The van der Waals surface area contributed by atoms with Gasteiger partial charge in [-0.25, -0.2) is 9.07 Å². The maximum atomic E-state index is 13.2. The second-order valence-electron chi connectivity index (χ2n) is 8.22. The smallest absolute Gasteiger partial charge is 0.226 e. The quantitative estimate of drug-likeness (QED) is 0.422. The van der Waals surface area contributed by atoms with Crippen LogP contribution in [0.2, 0.25) is 0 Å². The van der Waals surface area contributed by atoms with E-state index in [2.05, 4.69) is 5.32 Å². The predicted octanol–water partition coefficient (Wildman–Crippen LogP) is 5.38. The third-order valence-electron chi connectivity index (χ3n) is 6.02. The molecule has 1 N–H and O–H groups in total. The third-order valence-corrected chi connectivity index (χ3v) is 6.02. The van der Waals surface area contributed by atoms with Gasteiger partial charge in [0.25, 0.3) is 0 Å². The molecule has 2 heterocycles. The summed E-state index contributed by atoms with van der Waals surface area (Å²) in [6.45, 7) is 2.25. The van der Waals surface area contributed by atoms with Crippen molar-refractivity contribution in [2.75, 3.05) is 12.4 Å². The molecule has 1 aliphatic rings. The zero-order chi connectivity index (χ0) is 23.7. The summed E-state index contributed by atoms with van der Waals surface area (Å²) in [5.41, 5.74) is 4.41. The van der Waals surface area contributed by atoms with Crippen LogP contribution in [0, 0.1) is 12.7 Å². The van der Waals surface area contributed by atoms with Gasteiger partial charge in [0, 0.05) is 23.5 Å². The van der Waals surface area contributed by atoms with Crippen LogP contribution in [-0.2, 0) is 11.4 Å². The molecule has 0 aliphatic carbocycles. The highest BCUT2D eigenvalue weighted by Crippen LogP contribution is 2.43. The Bertz CT molecular complexity index is 1330. The highest BCUT2D eigenvalue weighted by atomic mass is 19.1. The average Bonchev–Trinajstić information content (AvgIpc) is 3.19. The number of nitrogens with zero attached hydrogens (tertiary/aromatic N) is 2. The van der Waals surface area contributed by atoms with Gasteiger partial charge < -0.3 is 14.8 Å². The summed E-state index contributed by atoms with van der Waals surface area (Å²) < 4.78 is 26.4. The van der Waals surface area contributed by atoms with E-state index < -0.39 is 0 Å². The number of hydrogen-bond acceptors (Lipinski definition) is 4. The van der Waals surface area contributed by atoms with Crippen LogP contribution in [0.3, 0.4) is 0 Å². The van der Waals surface area contributed by atoms with Gasteiger partial charge >= 0.3 is 0 Å². The van der Waals surface area contributed by atoms with Crippen LogP contribution in [0.15, 0.2) is 72.8 Å². The lowest BCUT2D eigenvalue weighted by atomic mass is 9.85. The first-order valence-corrected chi connectivity index (χ1v) is 11.0. The van der Waals surface area contributed by atoms with Crippen LogP contribution in [0.1, 0.15) is 34.7 Å². The monoisotopic (exact) mass is 457 g/mol. The molecule has 0 fully saturated rings. The highest BCUT2D eigenvalue weighted by Gasteiger charge is 2.34. The van der Waals surface area contributed by atoms with E-state index in [-0.39, 0.29) is 17.6 Å². The molecule has 0 unspecified atom stereocenters. The Hall–Kier alpha value is -4.13. The molecule has 5 rings (SSSR count). The number of halogens is 1. The van der Waals surface area contributed by atoms with E-state index in [9.17, 15) is 9.18 Å². The fourth-order valence-corrected chi connectivity index (χ4v) is 4.36. The van der Waals surface area contributed by atoms with Crippen LogP contribution in [-0.4, -0.2) is 22.8 Å². The summed E-state index contributed by atoms with van der Waals surface area (Å²) in [7, 11) is 1.62. The number of amides is 1. The molecule has 34 heavy (non-hydrogen) atoms. The number of aromatic nitrogens is 2. The van der Waals surface area contributed by atoms with Crippen molar-refractivity contribution in [1.29, 1.82) is 0 Å². The number of aryl methyl sites for hydroxylation is 1. The number of hydrogen-bond donors (Lipinski definition) is 1. The molecular weight excluding hydrogens is 433 g/mol. The number of anilines is 1. The lowest BCUT2D eigenvalue weighted by molar-refractivity contribution is -0.116. The Balaban J connectivity index is 1.51. The Labute approximate surface area is 196 Å². The molecule has 0 radical (unpaired) electrons. The van der Waals surface area contributed by atoms with Crippen molar-refractivity contribution in [2.45, 2.75) is 25.9 Å². The molecule has 7 heteroatoms. The molecule has 6 nitrogen and oxygen atoms in total. The van der Waals surface area contributed by atoms with E-state index in [1.54, 1.807) is 23.9 Å². The Morgan fingerprint density at radius 1 is 1.06 bits per heavy atom. The van der Waals surface area contributed by atoms with Gasteiger partial charge in [-0.2, -0.15) is 5.10 Å². The van der Waals surface area contributed by atoms with Crippen molar-refractivity contribution in [3.05, 3.63) is 101 Å². The standard InChI is InChI=1S/C27H24FN3O3/c1-17-26-23(22-5-3-4-6-24(22)34-16-18-7-9-19(28)10-8-18)15-25(32)29-27(26)31(30-17)20-11-13-21(33-2)14-12-20/h3-14,23H,15-16H2,1-2H3,(H,29,32)/t23-/m1/s1. The summed E-state index contributed by atoms with van der Waals surface area (Å²) in [4.78, 5) is 12.8. The first-order chi connectivity index (χ1) is 16.5. The van der Waals surface area contributed by atoms with Gasteiger partial charge in [0.15, 0.2) is 0 Å². The van der Waals surface area contributed by atoms with Crippen molar-refractivity contribution >= 4 is 11.7 Å². The number of ether oxygens (including phenoxy) is 2. The first-order valence-electron chi connectivity index (χ1n) is 11.0. The lowest BCUT2D eigenvalue weighted by Gasteiger charge is -2.26. The largest absolute Gasteiger partial charge is 0.497 e. The summed E-state index contributed by atoms with van der Waals surface area (Å²) in [6.07, 6.45) is 0.291. The number of carbonyl (C=O) groups is 1. The first kappa shape index (κ1) is 21.7. The topological polar surface area (TPSA) is 65.4 Å². The Morgan fingerprint density at radius 2 is 1.79 bits per heavy atom. The molecule has 1 aromatic heterocycles. The zero-order valence-corrected chi connectivity index (χ0v) is 18.9. The molecule has 1 amide bonds. The summed E-state index contributed by atoms with van der Waals surface area (Å²) >= 11 is 0. The van der Waals surface area contributed by atoms with E-state index in [4.69, 9.17) is 14.6 Å². The van der Waals surface area contributed by atoms with Gasteiger partial charge in [0.05, 0.1) is 18.5 Å². The third kappa shape index (κ3) is 4.12. The van der Waals surface area contributed by atoms with Gasteiger partial charge in [-0.1, -0.05) is 30.3 Å². The van der Waals surface area contributed by atoms with Gasteiger partial charge in [-0.05, 0) is 55.0 Å². The van der Waals surface area contributed by atoms with Crippen molar-refractivity contribution < 1.29 is 18.7 Å². The van der Waals surface area contributed by atoms with Gasteiger partial charge in [-0.3, -0.25) is 4.79 Å². The number of carbonyl (C=O) groups excluding carboxylic acids is 1. The number of fused-ring (bicyclic) bond motifs is 1. The van der Waals surface area contributed by atoms with E-state index in [1.807, 2.05) is 55.5 Å². The number of rotatable bonds is 6. The molecular formula is C27H24FN3O3. The number of benzene rings is 3. The van der Waals surface area contributed by atoms with E-state index in [1.165, 1.54) is 12.1 Å². The lowest BCUT2D eigenvalue weighted by Crippen LogP contribution is -2.25. The molecule has 0 bridgehead atoms. The van der Waals surface area contributed by atoms with Crippen LogP contribution >= 0.6 is 0 Å². The maximum absolute atomic E-state index is 13.2. The fourth-order valence-electron chi connectivity index (χ4n) is 4.36. The average molecular weight is 458 g/mol. The number of methoxy groups -OCH3 is 1. The minimum absolute atomic E-state index is 0.0829. The zero-order valence-electron chi connectivity index (χ0n) is 18.9. The Kier molecular flexibility index (Phi) is 5.76. The van der Waals surface area contributed by atoms with Gasteiger partial charge in [0.1, 0.15) is 29.7 Å². The van der Waals surface area contributed by atoms with Crippen molar-refractivity contribution in [1.82, 2.24) is 9.78 Å². The van der Waals surface area contributed by atoms with Gasteiger partial charge in [0.2, 0.25) is 5.91 Å². The molecule has 3 aromatic carbocycles. The Morgan fingerprint density at radius 3 is 2.53 bits per heavy atom. The molecule has 1 aliphatic heterocycles. The highest BCUT2D eigenvalue weighted by molar-refractivity contribution is 5.95. The SMILES string of the molecule is COc1ccc(-n2nc(C)c3c2NC(=O)C[C@@H]3c2ccccc2OCc2ccc(F)cc2)cc1. The molecule has 172 valence electrons. The van der Waals surface area contributed by atoms with Crippen molar-refractivity contribution in [2.24, 2.45) is 0 Å². The minimum Gasteiger partial charge on any atom is -0.497 e. The summed E-state index contributed by atoms with van der Waals surface area (Å²) in [5, 5.41) is 7.76. The van der Waals surface area contributed by atoms with E-state index in [0.717, 1.165) is 33.8 Å². The van der Waals surface area contributed by atoms with Crippen LogP contribution in [0.5, 0.6) is 11.5 Å². The van der Waals surface area contributed by atoms with E-state index >= 15 is 0 Å². The number of nitrogens with one attached hydrogen (secondary N) is 1. The number of para-hydroxylation sites is 1. The van der Waals surface area contributed by atoms with Crippen molar-refractivity contribution in [3.63, 3.8) is 0 Å². The van der Waals surface area contributed by atoms with Gasteiger partial charge in [-0.15, -0.1) is 0 Å². The molecule has 0 saturated heterocycles. The molecule has 0 spiro atoms. The summed E-state index contributed by atoms with van der Waals surface area (Å²) in [5.74, 6) is 1.52. The maximum Gasteiger partial charge on any atom is 0.226 e. The second-order valence-corrected chi connectivity index (χ2v) is 8.22. The predicted molar refractivity (Wildman–Crippen MR) is 127 cm³/mol. The van der Waals surface area contributed by atoms with E-state index in [0.29, 0.717) is 24.6 Å². The second kappa shape index (κ2) is 9.02. The normalized spacial score (nSPS) is 14.9. The van der Waals surface area contributed by atoms with Crippen LogP contribution < -0.4 is 14.8 Å². The van der Waals surface area contributed by atoms with Crippen LogP contribution in [0.4, 0.5) is 10.2 Å².